The molecule has 1 aliphatic heterocycles. The minimum absolute atomic E-state index is 0.208. The van der Waals surface area contributed by atoms with E-state index in [-0.39, 0.29) is 5.54 Å². The van der Waals surface area contributed by atoms with Gasteiger partial charge in [0.2, 0.25) is 0 Å². The molecule has 0 bridgehead atoms. The summed E-state index contributed by atoms with van der Waals surface area (Å²) in [6, 6.07) is 9.03. The fourth-order valence-electron chi connectivity index (χ4n) is 3.21. The highest BCUT2D eigenvalue weighted by atomic mass is 15.0. The zero-order valence-electron chi connectivity index (χ0n) is 11.4. The molecule has 0 aromatic heterocycles. The Kier molecular flexibility index (Phi) is 3.88. The Morgan fingerprint density at radius 3 is 2.53 bits per heavy atom. The van der Waals surface area contributed by atoms with Crippen LogP contribution in [0.1, 0.15) is 63.5 Å². The van der Waals surface area contributed by atoms with Gasteiger partial charge in [0.1, 0.15) is 0 Å². The molecule has 17 heavy (non-hydrogen) atoms. The normalized spacial score (nSPS) is 24.5. The van der Waals surface area contributed by atoms with Crippen LogP contribution >= 0.6 is 0 Å². The van der Waals surface area contributed by atoms with E-state index in [1.165, 1.54) is 31.2 Å². The third-order valence-corrected chi connectivity index (χ3v) is 4.35. The van der Waals surface area contributed by atoms with Gasteiger partial charge in [0.05, 0.1) is 0 Å². The molecular weight excluding hydrogens is 206 g/mol. The highest BCUT2D eigenvalue weighted by Gasteiger charge is 2.32. The lowest BCUT2D eigenvalue weighted by Crippen LogP contribution is -2.34. The summed E-state index contributed by atoms with van der Waals surface area (Å²) in [4.78, 5) is 0. The largest absolute Gasteiger partial charge is 0.308 e. The van der Waals surface area contributed by atoms with Crippen LogP contribution < -0.4 is 5.32 Å². The van der Waals surface area contributed by atoms with Gasteiger partial charge in [-0.3, -0.25) is 0 Å². The van der Waals surface area contributed by atoms with Gasteiger partial charge in [-0.25, -0.2) is 0 Å². The molecule has 1 heteroatoms. The van der Waals surface area contributed by atoms with Gasteiger partial charge in [0.15, 0.2) is 0 Å². The number of benzene rings is 1. The highest BCUT2D eigenvalue weighted by Crippen LogP contribution is 2.37. The first-order valence-electron chi connectivity index (χ1n) is 7.05. The smallest absolute Gasteiger partial charge is 0.0409 e. The van der Waals surface area contributed by atoms with Crippen molar-refractivity contribution in [1.29, 1.82) is 0 Å². The van der Waals surface area contributed by atoms with Crippen LogP contribution in [0.25, 0.3) is 0 Å². The molecule has 1 unspecified atom stereocenters. The molecule has 0 spiro atoms. The van der Waals surface area contributed by atoms with E-state index in [0.717, 1.165) is 6.54 Å². The van der Waals surface area contributed by atoms with Crippen LogP contribution in [0.2, 0.25) is 0 Å². The SMILES string of the molecule is CCC(CC)c1ccccc1C1(C)CCCN1. The lowest BCUT2D eigenvalue weighted by molar-refractivity contribution is 0.425. The summed E-state index contributed by atoms with van der Waals surface area (Å²) in [7, 11) is 0. The molecule has 2 rings (SSSR count). The van der Waals surface area contributed by atoms with Crippen LogP contribution in [0.5, 0.6) is 0 Å². The second kappa shape index (κ2) is 5.22. The van der Waals surface area contributed by atoms with E-state index in [4.69, 9.17) is 0 Å². The summed E-state index contributed by atoms with van der Waals surface area (Å²) in [5, 5.41) is 3.69. The molecule has 1 fully saturated rings. The van der Waals surface area contributed by atoms with E-state index in [0.29, 0.717) is 5.92 Å². The molecule has 1 aliphatic rings. The number of hydrogen-bond acceptors (Lipinski definition) is 1. The number of rotatable bonds is 4. The second-order valence-corrected chi connectivity index (χ2v) is 5.46. The van der Waals surface area contributed by atoms with Gasteiger partial charge >= 0.3 is 0 Å². The Morgan fingerprint density at radius 1 is 1.24 bits per heavy atom. The van der Waals surface area contributed by atoms with Crippen molar-refractivity contribution in [1.82, 2.24) is 5.32 Å². The summed E-state index contributed by atoms with van der Waals surface area (Å²) in [6.07, 6.45) is 5.05. The van der Waals surface area contributed by atoms with E-state index >= 15 is 0 Å². The first-order chi connectivity index (χ1) is 8.21. The first kappa shape index (κ1) is 12.6. The van der Waals surface area contributed by atoms with Crippen molar-refractivity contribution in [2.75, 3.05) is 6.54 Å². The van der Waals surface area contributed by atoms with E-state index < -0.39 is 0 Å². The Bertz CT molecular complexity index is 360. The molecule has 1 nitrogen and oxygen atoms in total. The molecular formula is C16H25N. The van der Waals surface area contributed by atoms with Gasteiger partial charge in [0.25, 0.3) is 0 Å². The van der Waals surface area contributed by atoms with Crippen molar-refractivity contribution in [2.24, 2.45) is 0 Å². The molecule has 1 aromatic carbocycles. The van der Waals surface area contributed by atoms with Crippen molar-refractivity contribution in [2.45, 2.75) is 57.9 Å². The van der Waals surface area contributed by atoms with Crippen molar-refractivity contribution >= 4 is 0 Å². The summed E-state index contributed by atoms with van der Waals surface area (Å²) in [6.45, 7) is 8.12. The van der Waals surface area contributed by atoms with Gasteiger partial charge in [-0.2, -0.15) is 0 Å². The molecule has 0 radical (unpaired) electrons. The zero-order chi connectivity index (χ0) is 12.3. The maximum atomic E-state index is 3.69. The molecule has 1 saturated heterocycles. The van der Waals surface area contributed by atoms with E-state index in [1.807, 2.05) is 0 Å². The van der Waals surface area contributed by atoms with Gasteiger partial charge in [-0.15, -0.1) is 0 Å². The molecule has 1 heterocycles. The van der Waals surface area contributed by atoms with Crippen LogP contribution in [-0.2, 0) is 5.54 Å². The lowest BCUT2D eigenvalue weighted by Gasteiger charge is -2.30. The van der Waals surface area contributed by atoms with Crippen LogP contribution in [0.15, 0.2) is 24.3 Å². The van der Waals surface area contributed by atoms with E-state index in [9.17, 15) is 0 Å². The van der Waals surface area contributed by atoms with E-state index in [2.05, 4.69) is 50.4 Å². The average molecular weight is 231 g/mol. The molecule has 1 N–H and O–H groups in total. The topological polar surface area (TPSA) is 12.0 Å². The molecule has 0 saturated carbocycles. The Hall–Kier alpha value is -0.820. The van der Waals surface area contributed by atoms with Crippen molar-refractivity contribution in [3.8, 4) is 0 Å². The van der Waals surface area contributed by atoms with Gasteiger partial charge in [-0.1, -0.05) is 38.1 Å². The molecule has 0 amide bonds. The number of hydrogen-bond donors (Lipinski definition) is 1. The van der Waals surface area contributed by atoms with Crippen molar-refractivity contribution in [3.63, 3.8) is 0 Å². The maximum absolute atomic E-state index is 3.69. The van der Waals surface area contributed by atoms with Crippen molar-refractivity contribution < 1.29 is 0 Å². The summed E-state index contributed by atoms with van der Waals surface area (Å²) in [5.41, 5.74) is 3.31. The summed E-state index contributed by atoms with van der Waals surface area (Å²) in [5.74, 6) is 0.713. The Morgan fingerprint density at radius 2 is 1.94 bits per heavy atom. The second-order valence-electron chi connectivity index (χ2n) is 5.46. The van der Waals surface area contributed by atoms with Crippen LogP contribution in [0.3, 0.4) is 0 Å². The highest BCUT2D eigenvalue weighted by molar-refractivity contribution is 5.36. The van der Waals surface area contributed by atoms with Gasteiger partial charge in [-0.05, 0) is 56.2 Å². The van der Waals surface area contributed by atoms with Gasteiger partial charge in [0, 0.05) is 5.54 Å². The zero-order valence-corrected chi connectivity index (χ0v) is 11.4. The van der Waals surface area contributed by atoms with E-state index in [1.54, 1.807) is 5.56 Å². The standard InChI is InChI=1S/C16H25N/c1-4-13(5-2)14-9-6-7-10-15(14)16(3)11-8-12-17-16/h6-7,9-10,13,17H,4-5,8,11-12H2,1-3H3. The summed E-state index contributed by atoms with van der Waals surface area (Å²) >= 11 is 0. The third-order valence-electron chi connectivity index (χ3n) is 4.35. The first-order valence-corrected chi connectivity index (χ1v) is 7.05. The predicted octanol–water partition coefficient (Wildman–Crippen LogP) is 4.19. The quantitative estimate of drug-likeness (QED) is 0.819. The average Bonchev–Trinajstić information content (AvgIpc) is 2.80. The predicted molar refractivity (Wildman–Crippen MR) is 74.4 cm³/mol. The minimum Gasteiger partial charge on any atom is -0.308 e. The van der Waals surface area contributed by atoms with Crippen molar-refractivity contribution in [3.05, 3.63) is 35.4 Å². The summed E-state index contributed by atoms with van der Waals surface area (Å²) < 4.78 is 0. The minimum atomic E-state index is 0.208. The fraction of sp³-hybridized carbons (Fsp3) is 0.625. The fourth-order valence-corrected chi connectivity index (χ4v) is 3.21. The molecule has 94 valence electrons. The van der Waals surface area contributed by atoms with Crippen LogP contribution in [0, 0.1) is 0 Å². The molecule has 0 aliphatic carbocycles. The lowest BCUT2D eigenvalue weighted by atomic mass is 9.81. The van der Waals surface area contributed by atoms with Crippen LogP contribution in [-0.4, -0.2) is 6.54 Å². The van der Waals surface area contributed by atoms with Crippen LogP contribution in [0.4, 0.5) is 0 Å². The monoisotopic (exact) mass is 231 g/mol. The maximum Gasteiger partial charge on any atom is 0.0409 e. The number of nitrogens with one attached hydrogen (secondary N) is 1. The third kappa shape index (κ3) is 2.40. The Labute approximate surface area is 106 Å². The van der Waals surface area contributed by atoms with Gasteiger partial charge < -0.3 is 5.32 Å². The molecule has 1 aromatic rings. The molecule has 1 atom stereocenters. The Balaban J connectivity index is 2.39.